The SMILES string of the molecule is Cc1cccc(CO[C@H]2CCC[C@@H](OCCN(Cc3cccnc3)C(=O)Nc3ccc(F)cc3)C2)c1C(=O)O. The van der Waals surface area contributed by atoms with Crippen molar-refractivity contribution in [3.63, 3.8) is 0 Å². The lowest BCUT2D eigenvalue weighted by Gasteiger charge is -2.30. The van der Waals surface area contributed by atoms with E-state index < -0.39 is 5.97 Å². The molecule has 1 aliphatic rings. The van der Waals surface area contributed by atoms with Crippen LogP contribution in [-0.2, 0) is 22.6 Å². The van der Waals surface area contributed by atoms with Gasteiger partial charge in [0.05, 0.1) is 31.0 Å². The molecule has 8 nitrogen and oxygen atoms in total. The van der Waals surface area contributed by atoms with Crippen molar-refractivity contribution in [1.29, 1.82) is 0 Å². The Morgan fingerprint density at radius 1 is 1.08 bits per heavy atom. The van der Waals surface area contributed by atoms with Crippen LogP contribution in [0.25, 0.3) is 0 Å². The predicted octanol–water partition coefficient (Wildman–Crippen LogP) is 5.81. The van der Waals surface area contributed by atoms with Crippen molar-refractivity contribution in [2.45, 2.75) is 58.0 Å². The van der Waals surface area contributed by atoms with Gasteiger partial charge in [0.1, 0.15) is 5.82 Å². The Morgan fingerprint density at radius 3 is 2.56 bits per heavy atom. The van der Waals surface area contributed by atoms with Crippen LogP contribution in [0.15, 0.2) is 67.0 Å². The van der Waals surface area contributed by atoms with Crippen LogP contribution in [0.4, 0.5) is 14.9 Å². The van der Waals surface area contributed by atoms with Gasteiger partial charge in [-0.2, -0.15) is 0 Å². The van der Waals surface area contributed by atoms with E-state index in [2.05, 4.69) is 10.3 Å². The molecule has 0 radical (unpaired) electrons. The molecule has 206 valence electrons. The van der Waals surface area contributed by atoms with Crippen molar-refractivity contribution in [2.75, 3.05) is 18.5 Å². The molecule has 9 heteroatoms. The molecule has 2 amide bonds. The number of carboxylic acid groups (broad SMARTS) is 1. The molecule has 39 heavy (non-hydrogen) atoms. The molecule has 0 saturated heterocycles. The van der Waals surface area contributed by atoms with Gasteiger partial charge in [-0.05, 0) is 79.6 Å². The lowest BCUT2D eigenvalue weighted by atomic mass is 9.94. The average molecular weight is 536 g/mol. The third-order valence-electron chi connectivity index (χ3n) is 6.82. The maximum absolute atomic E-state index is 13.3. The van der Waals surface area contributed by atoms with Crippen LogP contribution in [0, 0.1) is 12.7 Å². The number of nitrogens with zero attached hydrogens (tertiary/aromatic N) is 2. The molecule has 3 aromatic rings. The van der Waals surface area contributed by atoms with Crippen LogP contribution in [0.3, 0.4) is 0 Å². The summed E-state index contributed by atoms with van der Waals surface area (Å²) >= 11 is 0. The number of aromatic nitrogens is 1. The van der Waals surface area contributed by atoms with Gasteiger partial charge in [0.25, 0.3) is 0 Å². The maximum atomic E-state index is 13.3. The van der Waals surface area contributed by atoms with E-state index in [9.17, 15) is 19.1 Å². The number of aryl methyl sites for hydroxylation is 1. The van der Waals surface area contributed by atoms with Gasteiger partial charge in [0.2, 0.25) is 0 Å². The first-order valence-electron chi connectivity index (χ1n) is 13.1. The smallest absolute Gasteiger partial charge is 0.336 e. The van der Waals surface area contributed by atoms with E-state index in [-0.39, 0.29) is 30.7 Å². The van der Waals surface area contributed by atoms with Crippen molar-refractivity contribution >= 4 is 17.7 Å². The van der Waals surface area contributed by atoms with Crippen LogP contribution in [0.2, 0.25) is 0 Å². The summed E-state index contributed by atoms with van der Waals surface area (Å²) in [7, 11) is 0. The normalized spacial score (nSPS) is 17.0. The summed E-state index contributed by atoms with van der Waals surface area (Å²) < 4.78 is 25.5. The lowest BCUT2D eigenvalue weighted by Crippen LogP contribution is -2.38. The highest BCUT2D eigenvalue weighted by molar-refractivity contribution is 5.91. The van der Waals surface area contributed by atoms with Gasteiger partial charge in [-0.25, -0.2) is 14.0 Å². The first-order valence-corrected chi connectivity index (χ1v) is 13.1. The average Bonchev–Trinajstić information content (AvgIpc) is 2.93. The summed E-state index contributed by atoms with van der Waals surface area (Å²) in [6.07, 6.45) is 6.79. The number of amides is 2. The Morgan fingerprint density at radius 2 is 1.85 bits per heavy atom. The molecule has 2 N–H and O–H groups in total. The summed E-state index contributed by atoms with van der Waals surface area (Å²) in [5.74, 6) is -1.32. The molecule has 0 unspecified atom stereocenters. The summed E-state index contributed by atoms with van der Waals surface area (Å²) in [4.78, 5) is 30.5. The second-order valence-corrected chi connectivity index (χ2v) is 9.73. The number of hydrogen-bond acceptors (Lipinski definition) is 5. The quantitative estimate of drug-likeness (QED) is 0.322. The van der Waals surface area contributed by atoms with Crippen LogP contribution < -0.4 is 5.32 Å². The third kappa shape index (κ3) is 8.33. The zero-order chi connectivity index (χ0) is 27.6. The maximum Gasteiger partial charge on any atom is 0.336 e. The summed E-state index contributed by atoms with van der Waals surface area (Å²) in [5.41, 5.74) is 3.07. The monoisotopic (exact) mass is 535 g/mol. The fourth-order valence-electron chi connectivity index (χ4n) is 4.80. The number of carbonyl (C=O) groups is 2. The number of anilines is 1. The lowest BCUT2D eigenvalue weighted by molar-refractivity contribution is -0.0524. The topological polar surface area (TPSA) is 101 Å². The molecule has 0 aliphatic heterocycles. The van der Waals surface area contributed by atoms with Gasteiger partial charge in [-0.1, -0.05) is 24.3 Å². The number of urea groups is 1. The molecule has 2 aromatic carbocycles. The summed E-state index contributed by atoms with van der Waals surface area (Å²) in [5, 5.41) is 12.4. The minimum absolute atomic E-state index is 0.0133. The highest BCUT2D eigenvalue weighted by Crippen LogP contribution is 2.25. The third-order valence-corrected chi connectivity index (χ3v) is 6.82. The van der Waals surface area contributed by atoms with Crippen molar-refractivity contribution in [3.8, 4) is 0 Å². The number of ether oxygens (including phenoxy) is 2. The number of carboxylic acids is 1. The largest absolute Gasteiger partial charge is 0.478 e. The van der Waals surface area contributed by atoms with Crippen molar-refractivity contribution in [3.05, 3.63) is 95.1 Å². The number of carbonyl (C=O) groups excluding carboxylic acids is 1. The second-order valence-electron chi connectivity index (χ2n) is 9.73. The highest BCUT2D eigenvalue weighted by atomic mass is 19.1. The molecule has 1 saturated carbocycles. The molecular weight excluding hydrogens is 501 g/mol. The zero-order valence-corrected chi connectivity index (χ0v) is 22.0. The number of nitrogens with one attached hydrogen (secondary N) is 1. The van der Waals surface area contributed by atoms with Gasteiger partial charge in [0.15, 0.2) is 0 Å². The summed E-state index contributed by atoms with van der Waals surface area (Å²) in [6.45, 7) is 3.08. The van der Waals surface area contributed by atoms with Crippen LogP contribution >= 0.6 is 0 Å². The first kappa shape index (κ1) is 28.2. The van der Waals surface area contributed by atoms with Gasteiger partial charge in [-0.15, -0.1) is 0 Å². The standard InChI is InChI=1S/C30H34FN3O5/c1-21-5-2-7-23(28(21)29(35)36)20-39-27-9-3-8-26(17-27)38-16-15-34(19-22-6-4-14-32-18-22)30(37)33-25-12-10-24(31)11-13-25/h2,4-7,10-14,18,26-27H,3,8-9,15-17,19-20H2,1H3,(H,33,37)(H,35,36)/t26-,27+/m1/s1. The van der Waals surface area contributed by atoms with Crippen LogP contribution in [-0.4, -0.2) is 52.4 Å². The van der Waals surface area contributed by atoms with E-state index in [1.807, 2.05) is 18.2 Å². The van der Waals surface area contributed by atoms with Crippen LogP contribution in [0.5, 0.6) is 0 Å². The zero-order valence-electron chi connectivity index (χ0n) is 22.0. The van der Waals surface area contributed by atoms with Gasteiger partial charge in [-0.3, -0.25) is 4.98 Å². The van der Waals surface area contributed by atoms with E-state index in [1.54, 1.807) is 36.4 Å². The number of halogens is 1. The van der Waals surface area contributed by atoms with Gasteiger partial charge in [0, 0.05) is 31.2 Å². The van der Waals surface area contributed by atoms with Gasteiger partial charge < -0.3 is 24.8 Å². The Bertz CT molecular complexity index is 1240. The van der Waals surface area contributed by atoms with Crippen molar-refractivity contribution in [1.82, 2.24) is 9.88 Å². The number of hydrogen-bond donors (Lipinski definition) is 2. The fourth-order valence-corrected chi connectivity index (χ4v) is 4.80. The molecule has 2 atom stereocenters. The fraction of sp³-hybridized carbons (Fsp3) is 0.367. The number of pyridine rings is 1. The van der Waals surface area contributed by atoms with Crippen molar-refractivity contribution in [2.24, 2.45) is 0 Å². The minimum atomic E-state index is -0.948. The first-order chi connectivity index (χ1) is 18.9. The number of benzene rings is 2. The molecule has 4 rings (SSSR count). The van der Waals surface area contributed by atoms with Crippen LogP contribution in [0.1, 0.15) is 52.7 Å². The Hall–Kier alpha value is -3.82. The van der Waals surface area contributed by atoms with E-state index in [1.165, 1.54) is 24.3 Å². The van der Waals surface area contributed by atoms with Crippen molar-refractivity contribution < 1.29 is 28.6 Å². The molecule has 1 aliphatic carbocycles. The molecular formula is C30H34FN3O5. The summed E-state index contributed by atoms with van der Waals surface area (Å²) in [6, 6.07) is 14.5. The molecule has 1 aromatic heterocycles. The molecule has 0 spiro atoms. The van der Waals surface area contributed by atoms with E-state index in [4.69, 9.17) is 9.47 Å². The Labute approximate surface area is 227 Å². The Balaban J connectivity index is 1.30. The van der Waals surface area contributed by atoms with E-state index in [0.717, 1.165) is 24.8 Å². The number of aromatic carboxylic acids is 1. The van der Waals surface area contributed by atoms with E-state index >= 15 is 0 Å². The molecule has 1 fully saturated rings. The second kappa shape index (κ2) is 13.8. The Kier molecular flexibility index (Phi) is 9.99. The minimum Gasteiger partial charge on any atom is -0.478 e. The molecule has 0 bridgehead atoms. The predicted molar refractivity (Wildman–Crippen MR) is 145 cm³/mol. The highest BCUT2D eigenvalue weighted by Gasteiger charge is 2.25. The van der Waals surface area contributed by atoms with Gasteiger partial charge >= 0.3 is 12.0 Å². The molecule has 1 heterocycles. The van der Waals surface area contributed by atoms with E-state index in [0.29, 0.717) is 48.5 Å². The number of rotatable bonds is 11.